The standard InChI is InChI=1S/C21H21ClN2O2/c1-13-5-7-19-17(9-13)18(10-14(2)23-19)21(25)24(3)12-15-11-16(22)6-8-20(15)26-4/h5-11H,12H2,1-4H3. The van der Waals surface area contributed by atoms with E-state index in [1.54, 1.807) is 25.1 Å². The molecular formula is C21H21ClN2O2. The molecule has 0 bridgehead atoms. The van der Waals surface area contributed by atoms with Crippen LogP contribution >= 0.6 is 11.6 Å². The Morgan fingerprint density at radius 1 is 1.15 bits per heavy atom. The number of aromatic nitrogens is 1. The number of carbonyl (C=O) groups is 1. The molecule has 26 heavy (non-hydrogen) atoms. The monoisotopic (exact) mass is 368 g/mol. The van der Waals surface area contributed by atoms with Crippen LogP contribution in [-0.2, 0) is 6.54 Å². The minimum Gasteiger partial charge on any atom is -0.496 e. The third-order valence-electron chi connectivity index (χ3n) is 4.32. The predicted molar refractivity (Wildman–Crippen MR) is 105 cm³/mol. The summed E-state index contributed by atoms with van der Waals surface area (Å²) in [5.74, 6) is 0.647. The van der Waals surface area contributed by atoms with Gasteiger partial charge in [0, 0.05) is 35.3 Å². The Balaban J connectivity index is 1.98. The molecule has 0 saturated carbocycles. The van der Waals surface area contributed by atoms with Crippen molar-refractivity contribution in [3.05, 3.63) is 69.9 Å². The highest BCUT2D eigenvalue weighted by atomic mass is 35.5. The Kier molecular flexibility index (Phi) is 5.14. The normalized spacial score (nSPS) is 10.8. The third-order valence-corrected chi connectivity index (χ3v) is 4.55. The van der Waals surface area contributed by atoms with Crippen LogP contribution in [0.1, 0.15) is 27.2 Å². The molecule has 0 unspecified atom stereocenters. The van der Waals surface area contributed by atoms with Crippen LogP contribution in [0.5, 0.6) is 5.75 Å². The molecule has 0 spiro atoms. The van der Waals surface area contributed by atoms with Gasteiger partial charge < -0.3 is 9.64 Å². The molecule has 1 amide bonds. The fourth-order valence-electron chi connectivity index (χ4n) is 3.05. The van der Waals surface area contributed by atoms with Gasteiger partial charge in [-0.05, 0) is 50.2 Å². The Labute approximate surface area is 158 Å². The molecule has 0 saturated heterocycles. The van der Waals surface area contributed by atoms with Crippen LogP contribution in [0.4, 0.5) is 0 Å². The number of nitrogens with zero attached hydrogens (tertiary/aromatic N) is 2. The highest BCUT2D eigenvalue weighted by molar-refractivity contribution is 6.30. The summed E-state index contributed by atoms with van der Waals surface area (Å²) in [6.45, 7) is 4.31. The van der Waals surface area contributed by atoms with Crippen molar-refractivity contribution in [1.29, 1.82) is 0 Å². The number of benzene rings is 2. The van der Waals surface area contributed by atoms with Crippen molar-refractivity contribution in [1.82, 2.24) is 9.88 Å². The van der Waals surface area contributed by atoms with Gasteiger partial charge in [-0.2, -0.15) is 0 Å². The number of aryl methyl sites for hydroxylation is 2. The summed E-state index contributed by atoms with van der Waals surface area (Å²) >= 11 is 6.10. The third kappa shape index (κ3) is 3.65. The van der Waals surface area contributed by atoms with Crippen LogP contribution in [0.3, 0.4) is 0 Å². The summed E-state index contributed by atoms with van der Waals surface area (Å²) in [7, 11) is 3.39. The van der Waals surface area contributed by atoms with Crippen LogP contribution in [0.15, 0.2) is 42.5 Å². The number of carbonyl (C=O) groups excluding carboxylic acids is 1. The highest BCUT2D eigenvalue weighted by Crippen LogP contribution is 2.26. The fourth-order valence-corrected chi connectivity index (χ4v) is 3.25. The summed E-state index contributed by atoms with van der Waals surface area (Å²) in [5, 5.41) is 1.48. The zero-order chi connectivity index (χ0) is 18.8. The number of pyridine rings is 1. The molecule has 0 aliphatic carbocycles. The second-order valence-electron chi connectivity index (χ2n) is 6.45. The van der Waals surface area contributed by atoms with E-state index in [1.807, 2.05) is 50.2 Å². The number of fused-ring (bicyclic) bond motifs is 1. The van der Waals surface area contributed by atoms with Crippen LogP contribution < -0.4 is 4.74 Å². The Hall–Kier alpha value is -2.59. The lowest BCUT2D eigenvalue weighted by Crippen LogP contribution is -2.27. The van der Waals surface area contributed by atoms with Crippen LogP contribution in [0.25, 0.3) is 10.9 Å². The van der Waals surface area contributed by atoms with E-state index in [2.05, 4.69) is 4.98 Å². The molecule has 4 nitrogen and oxygen atoms in total. The summed E-state index contributed by atoms with van der Waals surface area (Å²) in [5.41, 5.74) is 4.25. The predicted octanol–water partition coefficient (Wildman–Crippen LogP) is 4.79. The van der Waals surface area contributed by atoms with Gasteiger partial charge >= 0.3 is 0 Å². The molecule has 134 valence electrons. The second kappa shape index (κ2) is 7.34. The minimum atomic E-state index is -0.0619. The zero-order valence-electron chi connectivity index (χ0n) is 15.3. The number of hydrogen-bond donors (Lipinski definition) is 0. The maximum absolute atomic E-state index is 13.1. The Morgan fingerprint density at radius 3 is 2.65 bits per heavy atom. The fraction of sp³-hybridized carbons (Fsp3) is 0.238. The van der Waals surface area contributed by atoms with Crippen molar-refractivity contribution in [3.8, 4) is 5.75 Å². The molecule has 1 heterocycles. The van der Waals surface area contributed by atoms with Gasteiger partial charge in [-0.1, -0.05) is 23.2 Å². The van der Waals surface area contributed by atoms with Gasteiger partial charge in [0.2, 0.25) is 0 Å². The number of methoxy groups -OCH3 is 1. The lowest BCUT2D eigenvalue weighted by molar-refractivity contribution is 0.0786. The number of hydrogen-bond acceptors (Lipinski definition) is 3. The SMILES string of the molecule is COc1ccc(Cl)cc1CN(C)C(=O)c1cc(C)nc2ccc(C)cc12. The number of ether oxygens (including phenoxy) is 1. The zero-order valence-corrected chi connectivity index (χ0v) is 16.1. The van der Waals surface area contributed by atoms with Gasteiger partial charge in [0.05, 0.1) is 18.2 Å². The molecule has 3 aromatic rings. The first-order chi connectivity index (χ1) is 12.4. The second-order valence-corrected chi connectivity index (χ2v) is 6.89. The van der Waals surface area contributed by atoms with Gasteiger partial charge in [-0.25, -0.2) is 0 Å². The molecule has 0 aliphatic rings. The maximum Gasteiger partial charge on any atom is 0.254 e. The summed E-state index contributed by atoms with van der Waals surface area (Å²) in [6.07, 6.45) is 0. The lowest BCUT2D eigenvalue weighted by atomic mass is 10.0. The Bertz CT molecular complexity index is 985. The molecule has 5 heteroatoms. The van der Waals surface area contributed by atoms with Crippen molar-refractivity contribution in [2.24, 2.45) is 0 Å². The average Bonchev–Trinajstić information content (AvgIpc) is 2.61. The minimum absolute atomic E-state index is 0.0619. The number of halogens is 1. The molecule has 0 N–H and O–H groups in total. The molecule has 0 fully saturated rings. The van der Waals surface area contributed by atoms with Crippen LogP contribution in [0, 0.1) is 13.8 Å². The molecular weight excluding hydrogens is 348 g/mol. The first kappa shape index (κ1) is 18.2. The summed E-state index contributed by atoms with van der Waals surface area (Å²) in [4.78, 5) is 19.3. The van der Waals surface area contributed by atoms with E-state index in [9.17, 15) is 4.79 Å². The van der Waals surface area contributed by atoms with Crippen LogP contribution in [-0.4, -0.2) is 29.9 Å². The molecule has 2 aromatic carbocycles. The lowest BCUT2D eigenvalue weighted by Gasteiger charge is -2.20. The van der Waals surface area contributed by atoms with Gasteiger partial charge in [-0.3, -0.25) is 9.78 Å². The van der Waals surface area contributed by atoms with Gasteiger partial charge in [0.15, 0.2) is 0 Å². The van der Waals surface area contributed by atoms with E-state index in [0.29, 0.717) is 22.9 Å². The van der Waals surface area contributed by atoms with Gasteiger partial charge in [-0.15, -0.1) is 0 Å². The van der Waals surface area contributed by atoms with Crippen molar-refractivity contribution < 1.29 is 9.53 Å². The van der Waals surface area contributed by atoms with Gasteiger partial charge in [0.25, 0.3) is 5.91 Å². The van der Waals surface area contributed by atoms with E-state index in [4.69, 9.17) is 16.3 Å². The van der Waals surface area contributed by atoms with E-state index < -0.39 is 0 Å². The first-order valence-electron chi connectivity index (χ1n) is 8.35. The highest BCUT2D eigenvalue weighted by Gasteiger charge is 2.18. The van der Waals surface area contributed by atoms with E-state index >= 15 is 0 Å². The van der Waals surface area contributed by atoms with Crippen molar-refractivity contribution in [3.63, 3.8) is 0 Å². The summed E-state index contributed by atoms with van der Waals surface area (Å²) in [6, 6.07) is 13.2. The molecule has 0 atom stereocenters. The van der Waals surface area contributed by atoms with Crippen molar-refractivity contribution in [2.45, 2.75) is 20.4 Å². The van der Waals surface area contributed by atoms with E-state index in [0.717, 1.165) is 27.7 Å². The molecule has 0 radical (unpaired) electrons. The average molecular weight is 369 g/mol. The van der Waals surface area contributed by atoms with Gasteiger partial charge in [0.1, 0.15) is 5.75 Å². The Morgan fingerprint density at radius 2 is 1.92 bits per heavy atom. The van der Waals surface area contributed by atoms with E-state index in [-0.39, 0.29) is 5.91 Å². The quantitative estimate of drug-likeness (QED) is 0.665. The molecule has 1 aromatic heterocycles. The number of rotatable bonds is 4. The maximum atomic E-state index is 13.1. The largest absolute Gasteiger partial charge is 0.496 e. The van der Waals surface area contributed by atoms with Crippen molar-refractivity contribution >= 4 is 28.4 Å². The number of amides is 1. The van der Waals surface area contributed by atoms with E-state index in [1.165, 1.54) is 0 Å². The first-order valence-corrected chi connectivity index (χ1v) is 8.72. The molecule has 0 aliphatic heterocycles. The molecule has 3 rings (SSSR count). The topological polar surface area (TPSA) is 42.4 Å². The van der Waals surface area contributed by atoms with Crippen LogP contribution in [0.2, 0.25) is 5.02 Å². The van der Waals surface area contributed by atoms with Crippen molar-refractivity contribution in [2.75, 3.05) is 14.2 Å². The summed E-state index contributed by atoms with van der Waals surface area (Å²) < 4.78 is 5.39. The smallest absolute Gasteiger partial charge is 0.254 e.